The van der Waals surface area contributed by atoms with Crippen molar-refractivity contribution >= 4 is 25.8 Å². The maximum absolute atomic E-state index is 13.4. The molecule has 0 radical (unpaired) electrons. The van der Waals surface area contributed by atoms with Gasteiger partial charge in [-0.2, -0.15) is 0 Å². The van der Waals surface area contributed by atoms with E-state index in [1.807, 2.05) is 0 Å². The van der Waals surface area contributed by atoms with E-state index in [2.05, 4.69) is 15.9 Å². The lowest BCUT2D eigenvalue weighted by Gasteiger charge is -2.35. The van der Waals surface area contributed by atoms with E-state index >= 15 is 0 Å². The molecule has 0 amide bonds. The fourth-order valence-corrected chi connectivity index (χ4v) is 5.23. The fourth-order valence-electron chi connectivity index (χ4n) is 2.90. The predicted molar refractivity (Wildman–Crippen MR) is 81.2 cm³/mol. The average molecular weight is 381 g/mol. The summed E-state index contributed by atoms with van der Waals surface area (Å²) in [4.78, 5) is 0. The van der Waals surface area contributed by atoms with E-state index < -0.39 is 21.1 Å². The van der Waals surface area contributed by atoms with E-state index in [9.17, 15) is 23.0 Å². The van der Waals surface area contributed by atoms with Crippen LogP contribution >= 0.6 is 15.9 Å². The summed E-state index contributed by atoms with van der Waals surface area (Å²) in [6.45, 7) is -0.681. The van der Waals surface area contributed by atoms with Crippen LogP contribution in [0.25, 0.3) is 0 Å². The SMILES string of the molecule is O=S1(=O)CCC(C(CO)(CO)Cc2cc(F)ccc2Br)C1. The second kappa shape index (κ2) is 6.32. The molecule has 1 atom stereocenters. The summed E-state index contributed by atoms with van der Waals surface area (Å²) in [7, 11) is -3.12. The molecule has 0 aliphatic carbocycles. The minimum atomic E-state index is -3.12. The van der Waals surface area contributed by atoms with Gasteiger partial charge in [0.05, 0.1) is 24.7 Å². The number of hydrogen-bond donors (Lipinski definition) is 2. The molecule has 118 valence electrons. The maximum Gasteiger partial charge on any atom is 0.150 e. The average Bonchev–Trinajstić information content (AvgIpc) is 2.81. The van der Waals surface area contributed by atoms with Crippen LogP contribution in [-0.4, -0.2) is 43.4 Å². The van der Waals surface area contributed by atoms with Gasteiger partial charge in [0, 0.05) is 9.89 Å². The number of halogens is 2. The molecule has 1 fully saturated rings. The van der Waals surface area contributed by atoms with Gasteiger partial charge in [-0.25, -0.2) is 12.8 Å². The van der Waals surface area contributed by atoms with Crippen molar-refractivity contribution < 1.29 is 23.0 Å². The van der Waals surface area contributed by atoms with E-state index in [-0.39, 0.29) is 37.1 Å². The Morgan fingerprint density at radius 2 is 2.00 bits per heavy atom. The van der Waals surface area contributed by atoms with Crippen LogP contribution < -0.4 is 0 Å². The summed E-state index contributed by atoms with van der Waals surface area (Å²) in [5, 5.41) is 19.5. The summed E-state index contributed by atoms with van der Waals surface area (Å²) in [6, 6.07) is 4.22. The molecule has 2 N–H and O–H groups in total. The lowest BCUT2D eigenvalue weighted by atomic mass is 9.72. The Kier molecular flexibility index (Phi) is 5.07. The van der Waals surface area contributed by atoms with Crippen molar-refractivity contribution in [2.45, 2.75) is 12.8 Å². The number of hydrogen-bond acceptors (Lipinski definition) is 4. The standard InChI is InChI=1S/C14H18BrFO4S/c15-13-2-1-12(16)5-10(13)6-14(8-17,9-18)11-3-4-21(19,20)7-11/h1-2,5,11,17-18H,3-4,6-9H2. The molecular weight excluding hydrogens is 363 g/mol. The summed E-state index contributed by atoms with van der Waals surface area (Å²) in [6.07, 6.45) is 0.634. The number of benzene rings is 1. The molecule has 2 rings (SSSR count). The van der Waals surface area contributed by atoms with E-state index in [1.165, 1.54) is 12.1 Å². The second-order valence-electron chi connectivity index (χ2n) is 5.69. The zero-order valence-electron chi connectivity index (χ0n) is 11.4. The summed E-state index contributed by atoms with van der Waals surface area (Å²) >= 11 is 3.32. The Bertz CT molecular complexity index is 613. The van der Waals surface area contributed by atoms with E-state index in [1.54, 1.807) is 6.07 Å². The van der Waals surface area contributed by atoms with Crippen molar-refractivity contribution in [2.24, 2.45) is 11.3 Å². The van der Waals surface area contributed by atoms with Crippen molar-refractivity contribution in [2.75, 3.05) is 24.7 Å². The highest BCUT2D eigenvalue weighted by atomic mass is 79.9. The van der Waals surface area contributed by atoms with E-state index in [0.717, 1.165) is 0 Å². The van der Waals surface area contributed by atoms with Crippen LogP contribution in [0.4, 0.5) is 4.39 Å². The Morgan fingerprint density at radius 3 is 2.52 bits per heavy atom. The zero-order valence-corrected chi connectivity index (χ0v) is 13.8. The minimum Gasteiger partial charge on any atom is -0.396 e. The summed E-state index contributed by atoms with van der Waals surface area (Å²) in [5.74, 6) is -0.699. The van der Waals surface area contributed by atoms with Crippen LogP contribution in [0, 0.1) is 17.2 Å². The highest BCUT2D eigenvalue weighted by Crippen LogP contribution is 2.39. The first-order valence-electron chi connectivity index (χ1n) is 6.68. The monoisotopic (exact) mass is 380 g/mol. The number of aliphatic hydroxyl groups excluding tert-OH is 2. The van der Waals surface area contributed by atoms with Gasteiger partial charge >= 0.3 is 0 Å². The van der Waals surface area contributed by atoms with E-state index in [4.69, 9.17) is 0 Å². The number of aliphatic hydroxyl groups is 2. The van der Waals surface area contributed by atoms with Gasteiger partial charge < -0.3 is 10.2 Å². The fraction of sp³-hybridized carbons (Fsp3) is 0.571. The molecule has 1 saturated heterocycles. The molecule has 1 aromatic carbocycles. The van der Waals surface area contributed by atoms with Crippen LogP contribution in [0.3, 0.4) is 0 Å². The number of rotatable bonds is 5. The molecule has 21 heavy (non-hydrogen) atoms. The van der Waals surface area contributed by atoms with Gasteiger partial charge in [0.15, 0.2) is 9.84 Å². The largest absolute Gasteiger partial charge is 0.396 e. The van der Waals surface area contributed by atoms with Crippen LogP contribution in [0.2, 0.25) is 0 Å². The molecule has 1 aromatic rings. The first-order valence-corrected chi connectivity index (χ1v) is 9.29. The topological polar surface area (TPSA) is 74.6 Å². The Labute approximate surface area is 132 Å². The lowest BCUT2D eigenvalue weighted by molar-refractivity contribution is 0.0123. The molecular formula is C14H18BrFO4S. The molecule has 4 nitrogen and oxygen atoms in total. The third kappa shape index (κ3) is 3.64. The Hall–Kier alpha value is -0.500. The molecule has 1 heterocycles. The molecule has 1 aliphatic rings. The minimum absolute atomic E-state index is 0.0406. The smallest absolute Gasteiger partial charge is 0.150 e. The lowest BCUT2D eigenvalue weighted by Crippen LogP contribution is -2.41. The van der Waals surface area contributed by atoms with Crippen LogP contribution in [-0.2, 0) is 16.3 Å². The summed E-state index contributed by atoms with van der Waals surface area (Å²) < 4.78 is 37.4. The van der Waals surface area contributed by atoms with Crippen LogP contribution in [0.15, 0.2) is 22.7 Å². The third-order valence-corrected chi connectivity index (χ3v) is 6.82. The number of sulfone groups is 1. The van der Waals surface area contributed by atoms with Gasteiger partial charge in [-0.15, -0.1) is 0 Å². The zero-order chi connectivity index (χ0) is 15.7. The molecule has 0 spiro atoms. The second-order valence-corrected chi connectivity index (χ2v) is 8.77. The van der Waals surface area contributed by atoms with Gasteiger partial charge in [-0.1, -0.05) is 15.9 Å². The van der Waals surface area contributed by atoms with E-state index in [0.29, 0.717) is 16.5 Å². The Morgan fingerprint density at radius 1 is 1.33 bits per heavy atom. The molecule has 1 unspecified atom stereocenters. The molecule has 1 aliphatic heterocycles. The van der Waals surface area contributed by atoms with Gasteiger partial charge in [-0.05, 0) is 42.5 Å². The third-order valence-electron chi connectivity index (χ3n) is 4.28. The first-order chi connectivity index (χ1) is 9.82. The van der Waals surface area contributed by atoms with Gasteiger partial charge in [0.1, 0.15) is 5.82 Å². The summed E-state index contributed by atoms with van der Waals surface area (Å²) in [5.41, 5.74) is -0.345. The highest BCUT2D eigenvalue weighted by molar-refractivity contribution is 9.10. The van der Waals surface area contributed by atoms with Gasteiger partial charge in [0.25, 0.3) is 0 Å². The van der Waals surface area contributed by atoms with Crippen LogP contribution in [0.1, 0.15) is 12.0 Å². The molecule has 0 bridgehead atoms. The molecule has 7 heteroatoms. The van der Waals surface area contributed by atoms with Crippen molar-refractivity contribution in [1.29, 1.82) is 0 Å². The van der Waals surface area contributed by atoms with Gasteiger partial charge in [0.2, 0.25) is 0 Å². The predicted octanol–water partition coefficient (Wildman–Crippen LogP) is 1.54. The van der Waals surface area contributed by atoms with Crippen molar-refractivity contribution in [1.82, 2.24) is 0 Å². The van der Waals surface area contributed by atoms with Crippen molar-refractivity contribution in [3.63, 3.8) is 0 Å². The maximum atomic E-state index is 13.4. The molecule has 0 saturated carbocycles. The quantitative estimate of drug-likeness (QED) is 0.812. The highest BCUT2D eigenvalue weighted by Gasteiger charge is 2.44. The van der Waals surface area contributed by atoms with Crippen LogP contribution in [0.5, 0.6) is 0 Å². The first kappa shape index (κ1) is 16.9. The Balaban J connectivity index is 2.32. The molecule has 0 aromatic heterocycles. The van der Waals surface area contributed by atoms with Gasteiger partial charge in [-0.3, -0.25) is 0 Å². The van der Waals surface area contributed by atoms with Crippen molar-refractivity contribution in [3.05, 3.63) is 34.1 Å². The van der Waals surface area contributed by atoms with Crippen molar-refractivity contribution in [3.8, 4) is 0 Å². The normalized spacial score (nSPS) is 21.6.